The van der Waals surface area contributed by atoms with Crippen molar-refractivity contribution < 1.29 is 9.53 Å². The van der Waals surface area contributed by atoms with Gasteiger partial charge in [0, 0.05) is 19.3 Å². The molecule has 0 aliphatic rings. The lowest BCUT2D eigenvalue weighted by molar-refractivity contribution is 0.0945. The first kappa shape index (κ1) is 21.8. The molecule has 1 aromatic carbocycles. The normalized spacial score (nSPS) is 10.9. The molecule has 0 spiro atoms. The van der Waals surface area contributed by atoms with Crippen molar-refractivity contribution in [3.63, 3.8) is 0 Å². The van der Waals surface area contributed by atoms with Crippen LogP contribution in [0.15, 0.2) is 30.5 Å². The fraction of sp³-hybridized carbons (Fsp3) is 0.278. The number of amides is 1. The molecule has 7 nitrogen and oxygen atoms in total. The van der Waals surface area contributed by atoms with Gasteiger partial charge in [0.1, 0.15) is 15.9 Å². The Kier molecular flexibility index (Phi) is 7.29. The van der Waals surface area contributed by atoms with E-state index in [0.717, 1.165) is 0 Å². The molecule has 0 radical (unpaired) electrons. The van der Waals surface area contributed by atoms with Gasteiger partial charge in [-0.05, 0) is 31.5 Å². The Morgan fingerprint density at radius 3 is 2.52 bits per heavy atom. The molecular weight excluding hydrogens is 460 g/mol. The van der Waals surface area contributed by atoms with E-state index in [2.05, 4.69) is 15.5 Å². The van der Waals surface area contributed by atoms with Crippen LogP contribution in [0.3, 0.4) is 0 Å². The average molecular weight is 477 g/mol. The zero-order valence-electron chi connectivity index (χ0n) is 15.3. The van der Waals surface area contributed by atoms with E-state index in [1.54, 1.807) is 42.1 Å². The fourth-order valence-electron chi connectivity index (χ4n) is 2.51. The standard InChI is InChI=1S/C18H17Cl4N5O2/c1-11-15(21)17(22)27(24-11)8-3-7-23-18(28)14-6-9-26(25-14)10-29-16-12(19)4-2-5-13(16)20/h2,4-6,9H,3,7-8,10H2,1H3,(H,23,28). The van der Waals surface area contributed by atoms with Crippen LogP contribution >= 0.6 is 46.4 Å². The van der Waals surface area contributed by atoms with Crippen molar-refractivity contribution in [2.24, 2.45) is 0 Å². The summed E-state index contributed by atoms with van der Waals surface area (Å²) in [5, 5.41) is 12.9. The predicted molar refractivity (Wildman–Crippen MR) is 113 cm³/mol. The number of hydrogen-bond donors (Lipinski definition) is 1. The largest absolute Gasteiger partial charge is 0.468 e. The summed E-state index contributed by atoms with van der Waals surface area (Å²) in [4.78, 5) is 12.2. The number of benzene rings is 1. The number of halogens is 4. The molecule has 0 bridgehead atoms. The first-order valence-corrected chi connectivity index (χ1v) is 10.1. The minimum absolute atomic E-state index is 0.0641. The summed E-state index contributed by atoms with van der Waals surface area (Å²) >= 11 is 24.2. The third-order valence-electron chi connectivity index (χ3n) is 3.96. The van der Waals surface area contributed by atoms with Gasteiger partial charge in [0.15, 0.2) is 12.5 Å². The zero-order chi connectivity index (χ0) is 21.0. The van der Waals surface area contributed by atoms with E-state index < -0.39 is 0 Å². The number of carbonyl (C=O) groups is 1. The molecule has 0 saturated carbocycles. The molecule has 1 N–H and O–H groups in total. The highest BCUT2D eigenvalue weighted by molar-refractivity contribution is 6.41. The van der Waals surface area contributed by atoms with Gasteiger partial charge in [-0.25, -0.2) is 4.68 Å². The van der Waals surface area contributed by atoms with Gasteiger partial charge >= 0.3 is 0 Å². The molecule has 2 aromatic heterocycles. The third-order valence-corrected chi connectivity index (χ3v) is 5.49. The van der Waals surface area contributed by atoms with Gasteiger partial charge in [0.25, 0.3) is 5.91 Å². The van der Waals surface area contributed by atoms with Crippen LogP contribution < -0.4 is 10.1 Å². The van der Waals surface area contributed by atoms with Gasteiger partial charge in [0.05, 0.1) is 15.7 Å². The number of para-hydroxylation sites is 1. The van der Waals surface area contributed by atoms with Crippen molar-refractivity contribution in [3.05, 3.63) is 62.1 Å². The molecule has 0 atom stereocenters. The summed E-state index contributed by atoms with van der Waals surface area (Å²) in [7, 11) is 0. The summed E-state index contributed by atoms with van der Waals surface area (Å²) in [5.41, 5.74) is 0.946. The lowest BCUT2D eigenvalue weighted by Gasteiger charge is -2.09. The number of carbonyl (C=O) groups excluding carboxylic acids is 1. The molecule has 11 heteroatoms. The van der Waals surface area contributed by atoms with Gasteiger partial charge in [-0.1, -0.05) is 52.5 Å². The van der Waals surface area contributed by atoms with E-state index in [4.69, 9.17) is 51.1 Å². The first-order valence-electron chi connectivity index (χ1n) is 8.63. The topological polar surface area (TPSA) is 74.0 Å². The lowest BCUT2D eigenvalue weighted by Crippen LogP contribution is -2.26. The van der Waals surface area contributed by atoms with Gasteiger partial charge in [-0.15, -0.1) is 0 Å². The maximum absolute atomic E-state index is 12.2. The minimum Gasteiger partial charge on any atom is -0.468 e. The Labute approximate surface area is 187 Å². The van der Waals surface area contributed by atoms with Gasteiger partial charge < -0.3 is 10.1 Å². The number of rotatable bonds is 8. The SMILES string of the molecule is Cc1nn(CCCNC(=O)c2ccn(COc3c(Cl)cccc3Cl)n2)c(Cl)c1Cl. The van der Waals surface area contributed by atoms with Crippen LogP contribution in [0.1, 0.15) is 22.6 Å². The summed E-state index contributed by atoms with van der Waals surface area (Å²) in [5.74, 6) is 0.0743. The van der Waals surface area contributed by atoms with Crippen LogP contribution in [0.5, 0.6) is 5.75 Å². The van der Waals surface area contributed by atoms with Crippen molar-refractivity contribution in [2.75, 3.05) is 6.54 Å². The molecule has 1 amide bonds. The van der Waals surface area contributed by atoms with Crippen molar-refractivity contribution in [2.45, 2.75) is 26.6 Å². The van der Waals surface area contributed by atoms with Crippen molar-refractivity contribution in [3.8, 4) is 5.75 Å². The zero-order valence-corrected chi connectivity index (χ0v) is 18.4. The van der Waals surface area contributed by atoms with Crippen LogP contribution in [0, 0.1) is 6.92 Å². The number of aryl methyl sites for hydroxylation is 2. The van der Waals surface area contributed by atoms with E-state index in [1.807, 2.05) is 0 Å². The molecule has 0 aliphatic carbocycles. The summed E-state index contributed by atoms with van der Waals surface area (Å²) in [6.45, 7) is 2.82. The monoisotopic (exact) mass is 475 g/mol. The van der Waals surface area contributed by atoms with Crippen LogP contribution in [-0.2, 0) is 13.3 Å². The molecule has 29 heavy (non-hydrogen) atoms. The molecule has 154 valence electrons. The Morgan fingerprint density at radius 1 is 1.14 bits per heavy atom. The highest BCUT2D eigenvalue weighted by Crippen LogP contribution is 2.32. The van der Waals surface area contributed by atoms with E-state index in [0.29, 0.717) is 51.2 Å². The fourth-order valence-corrected chi connectivity index (χ4v) is 3.41. The lowest BCUT2D eigenvalue weighted by atomic mass is 10.3. The van der Waals surface area contributed by atoms with Crippen molar-refractivity contribution in [1.82, 2.24) is 24.9 Å². The van der Waals surface area contributed by atoms with Gasteiger partial charge in [-0.2, -0.15) is 10.2 Å². The summed E-state index contributed by atoms with van der Waals surface area (Å²) in [6, 6.07) is 6.68. The van der Waals surface area contributed by atoms with Crippen LogP contribution in [-0.4, -0.2) is 32.0 Å². The molecule has 0 unspecified atom stereocenters. The Balaban J connectivity index is 1.47. The molecule has 2 heterocycles. The number of nitrogens with zero attached hydrogens (tertiary/aromatic N) is 4. The number of aromatic nitrogens is 4. The van der Waals surface area contributed by atoms with Gasteiger partial charge in [-0.3, -0.25) is 9.48 Å². The minimum atomic E-state index is -0.291. The molecule has 3 rings (SSSR count). The Hall–Kier alpha value is -1.93. The van der Waals surface area contributed by atoms with E-state index >= 15 is 0 Å². The van der Waals surface area contributed by atoms with Gasteiger partial charge in [0.2, 0.25) is 0 Å². The molecule has 3 aromatic rings. The predicted octanol–water partition coefficient (Wildman–Crippen LogP) is 4.86. The molecule has 0 aliphatic heterocycles. The van der Waals surface area contributed by atoms with Crippen molar-refractivity contribution in [1.29, 1.82) is 0 Å². The van der Waals surface area contributed by atoms with E-state index in [1.165, 1.54) is 4.68 Å². The highest BCUT2D eigenvalue weighted by Gasteiger charge is 2.13. The smallest absolute Gasteiger partial charge is 0.271 e. The third kappa shape index (κ3) is 5.36. The second-order valence-corrected chi connectivity index (χ2v) is 7.64. The van der Waals surface area contributed by atoms with Crippen molar-refractivity contribution >= 4 is 52.3 Å². The Bertz CT molecular complexity index is 998. The maximum Gasteiger partial charge on any atom is 0.271 e. The quantitative estimate of drug-likeness (QED) is 0.471. The first-order chi connectivity index (χ1) is 13.9. The van der Waals surface area contributed by atoms with E-state index in [9.17, 15) is 4.79 Å². The number of nitrogens with one attached hydrogen (secondary N) is 1. The van der Waals surface area contributed by atoms with E-state index in [-0.39, 0.29) is 18.3 Å². The van der Waals surface area contributed by atoms with Crippen LogP contribution in [0.25, 0.3) is 0 Å². The number of hydrogen-bond acceptors (Lipinski definition) is 4. The molecule has 0 saturated heterocycles. The summed E-state index contributed by atoms with van der Waals surface area (Å²) < 4.78 is 8.67. The molecular formula is C18H17Cl4N5O2. The van der Waals surface area contributed by atoms with Crippen LogP contribution in [0.4, 0.5) is 0 Å². The number of ether oxygens (including phenoxy) is 1. The molecule has 0 fully saturated rings. The second kappa shape index (κ2) is 9.71. The summed E-state index contributed by atoms with van der Waals surface area (Å²) in [6.07, 6.45) is 2.27. The second-order valence-electron chi connectivity index (χ2n) is 6.09. The Morgan fingerprint density at radius 2 is 1.86 bits per heavy atom. The average Bonchev–Trinajstić information content (AvgIpc) is 3.26. The van der Waals surface area contributed by atoms with Crippen LogP contribution in [0.2, 0.25) is 20.2 Å². The highest BCUT2D eigenvalue weighted by atomic mass is 35.5. The maximum atomic E-state index is 12.2.